The number of nitrogens with zero attached hydrogens (tertiary/aromatic N) is 2. The van der Waals surface area contributed by atoms with Gasteiger partial charge in [-0.3, -0.25) is 0 Å². The molecule has 0 spiro atoms. The van der Waals surface area contributed by atoms with Gasteiger partial charge in [0, 0.05) is 13.1 Å². The van der Waals surface area contributed by atoms with Gasteiger partial charge in [-0.05, 0) is 0 Å². The molecule has 10 heavy (non-hydrogen) atoms. The van der Waals surface area contributed by atoms with Crippen LogP contribution >= 0.6 is 0 Å². The highest BCUT2D eigenvalue weighted by Gasteiger charge is 2.10. The van der Waals surface area contributed by atoms with Crippen molar-refractivity contribution in [3.8, 4) is 6.07 Å². The minimum absolute atomic E-state index is 0.545. The molecule has 0 aromatic carbocycles. The Balaban J connectivity index is 2.40. The van der Waals surface area contributed by atoms with Gasteiger partial charge in [0.25, 0.3) is 0 Å². The van der Waals surface area contributed by atoms with E-state index in [1.165, 1.54) is 0 Å². The number of rotatable bonds is 1. The molecule has 3 heteroatoms. The van der Waals surface area contributed by atoms with Crippen molar-refractivity contribution in [3.63, 3.8) is 0 Å². The van der Waals surface area contributed by atoms with Gasteiger partial charge in [0.05, 0.1) is 13.2 Å². The van der Waals surface area contributed by atoms with E-state index in [0.29, 0.717) is 18.9 Å². The molecule has 54 valence electrons. The molecule has 0 aliphatic carbocycles. The average Bonchev–Trinajstić information content (AvgIpc) is 2.05. The van der Waals surface area contributed by atoms with Crippen molar-refractivity contribution in [3.05, 3.63) is 12.3 Å². The number of hydrogen-bond acceptors (Lipinski definition) is 3. The zero-order valence-electron chi connectivity index (χ0n) is 5.84. The van der Waals surface area contributed by atoms with E-state index in [2.05, 4.69) is 6.58 Å². The van der Waals surface area contributed by atoms with Crippen LogP contribution in [0.2, 0.25) is 0 Å². The van der Waals surface area contributed by atoms with Crippen molar-refractivity contribution in [1.82, 2.24) is 4.90 Å². The fourth-order valence-corrected chi connectivity index (χ4v) is 0.904. The van der Waals surface area contributed by atoms with Crippen LogP contribution in [-0.4, -0.2) is 31.2 Å². The molecule has 1 heterocycles. The third-order valence-corrected chi connectivity index (χ3v) is 1.52. The van der Waals surface area contributed by atoms with E-state index in [9.17, 15) is 0 Å². The van der Waals surface area contributed by atoms with E-state index in [1.54, 1.807) is 0 Å². The Morgan fingerprint density at radius 3 is 2.60 bits per heavy atom. The summed E-state index contributed by atoms with van der Waals surface area (Å²) >= 11 is 0. The lowest BCUT2D eigenvalue weighted by atomic mass is 10.4. The van der Waals surface area contributed by atoms with Crippen LogP contribution in [0, 0.1) is 11.3 Å². The zero-order chi connectivity index (χ0) is 7.40. The molecule has 0 radical (unpaired) electrons. The minimum atomic E-state index is 0.545. The van der Waals surface area contributed by atoms with E-state index in [0.717, 1.165) is 13.1 Å². The average molecular weight is 138 g/mol. The topological polar surface area (TPSA) is 36.3 Å². The van der Waals surface area contributed by atoms with Crippen molar-refractivity contribution < 1.29 is 4.74 Å². The van der Waals surface area contributed by atoms with Crippen LogP contribution in [0.3, 0.4) is 0 Å². The smallest absolute Gasteiger partial charge is 0.116 e. The quantitative estimate of drug-likeness (QED) is 0.491. The highest BCUT2D eigenvalue weighted by Crippen LogP contribution is 2.03. The van der Waals surface area contributed by atoms with Crippen molar-refractivity contribution in [2.45, 2.75) is 0 Å². The van der Waals surface area contributed by atoms with Gasteiger partial charge in [0.1, 0.15) is 11.8 Å². The third kappa shape index (κ3) is 1.49. The maximum Gasteiger partial charge on any atom is 0.116 e. The second-order valence-corrected chi connectivity index (χ2v) is 2.16. The first-order valence-corrected chi connectivity index (χ1v) is 3.26. The standard InChI is InChI=1S/C7H10N2O/c1-7(6-8)9-2-4-10-5-3-9/h1-5H2. The molecular weight excluding hydrogens is 128 g/mol. The Kier molecular flexibility index (Phi) is 2.30. The molecular formula is C7H10N2O. The molecule has 1 fully saturated rings. The van der Waals surface area contributed by atoms with Gasteiger partial charge in [-0.2, -0.15) is 5.26 Å². The predicted octanol–water partition coefficient (Wildman–Crippen LogP) is 0.356. The van der Waals surface area contributed by atoms with E-state index < -0.39 is 0 Å². The highest BCUT2D eigenvalue weighted by molar-refractivity contribution is 5.14. The van der Waals surface area contributed by atoms with Crippen LogP contribution < -0.4 is 0 Å². The minimum Gasteiger partial charge on any atom is -0.378 e. The van der Waals surface area contributed by atoms with E-state index in [1.807, 2.05) is 11.0 Å². The van der Waals surface area contributed by atoms with Crippen LogP contribution in [-0.2, 0) is 4.74 Å². The molecule has 0 atom stereocenters. The molecule has 0 N–H and O–H groups in total. The molecule has 1 aliphatic heterocycles. The molecule has 0 amide bonds. The molecule has 0 unspecified atom stereocenters. The Morgan fingerprint density at radius 2 is 2.10 bits per heavy atom. The summed E-state index contributed by atoms with van der Waals surface area (Å²) in [6.45, 7) is 6.62. The van der Waals surface area contributed by atoms with E-state index in [4.69, 9.17) is 10.00 Å². The molecule has 0 saturated carbocycles. The molecule has 1 rings (SSSR count). The number of hydrogen-bond donors (Lipinski definition) is 0. The lowest BCUT2D eigenvalue weighted by Gasteiger charge is -2.26. The van der Waals surface area contributed by atoms with Gasteiger partial charge in [-0.25, -0.2) is 0 Å². The van der Waals surface area contributed by atoms with Crippen molar-refractivity contribution in [1.29, 1.82) is 5.26 Å². The number of morpholine rings is 1. The van der Waals surface area contributed by atoms with Gasteiger partial charge < -0.3 is 9.64 Å². The first-order chi connectivity index (χ1) is 4.84. The molecule has 3 nitrogen and oxygen atoms in total. The number of allylic oxidation sites excluding steroid dienone is 1. The molecule has 0 bridgehead atoms. The lowest BCUT2D eigenvalue weighted by molar-refractivity contribution is 0.0560. The van der Waals surface area contributed by atoms with Crippen LogP contribution in [0.25, 0.3) is 0 Å². The van der Waals surface area contributed by atoms with Crippen LogP contribution in [0.15, 0.2) is 12.3 Å². The maximum absolute atomic E-state index is 8.46. The lowest BCUT2D eigenvalue weighted by Crippen LogP contribution is -2.34. The summed E-state index contributed by atoms with van der Waals surface area (Å²) in [5.41, 5.74) is 0.545. The maximum atomic E-state index is 8.46. The second-order valence-electron chi connectivity index (χ2n) is 2.16. The summed E-state index contributed by atoms with van der Waals surface area (Å²) in [6, 6.07) is 2.01. The first kappa shape index (κ1) is 7.10. The van der Waals surface area contributed by atoms with Crippen molar-refractivity contribution in [2.75, 3.05) is 26.3 Å². The molecule has 1 aliphatic rings. The fraction of sp³-hybridized carbons (Fsp3) is 0.571. The summed E-state index contributed by atoms with van der Waals surface area (Å²) in [5, 5.41) is 8.46. The number of ether oxygens (including phenoxy) is 1. The van der Waals surface area contributed by atoms with Gasteiger partial charge in [-0.1, -0.05) is 6.58 Å². The predicted molar refractivity (Wildman–Crippen MR) is 37.1 cm³/mol. The van der Waals surface area contributed by atoms with Gasteiger partial charge in [0.15, 0.2) is 0 Å². The zero-order valence-corrected chi connectivity index (χ0v) is 5.84. The van der Waals surface area contributed by atoms with Crippen molar-refractivity contribution >= 4 is 0 Å². The summed E-state index contributed by atoms with van der Waals surface area (Å²) in [4.78, 5) is 1.93. The second kappa shape index (κ2) is 3.23. The Hall–Kier alpha value is -1.01. The number of nitriles is 1. The monoisotopic (exact) mass is 138 g/mol. The SMILES string of the molecule is C=C(C#N)N1CCOCC1. The van der Waals surface area contributed by atoms with Gasteiger partial charge in [-0.15, -0.1) is 0 Å². The summed E-state index contributed by atoms with van der Waals surface area (Å²) in [6.07, 6.45) is 0. The van der Waals surface area contributed by atoms with Crippen LogP contribution in [0.5, 0.6) is 0 Å². The van der Waals surface area contributed by atoms with Crippen LogP contribution in [0.1, 0.15) is 0 Å². The highest BCUT2D eigenvalue weighted by atomic mass is 16.5. The Bertz CT molecular complexity index is 165. The molecule has 0 aromatic rings. The van der Waals surface area contributed by atoms with Gasteiger partial charge in [0.2, 0.25) is 0 Å². The van der Waals surface area contributed by atoms with Crippen LogP contribution in [0.4, 0.5) is 0 Å². The Labute approximate surface area is 60.5 Å². The molecule has 0 aromatic heterocycles. The Morgan fingerprint density at radius 1 is 1.50 bits per heavy atom. The van der Waals surface area contributed by atoms with E-state index in [-0.39, 0.29) is 0 Å². The summed E-state index contributed by atoms with van der Waals surface area (Å²) in [7, 11) is 0. The largest absolute Gasteiger partial charge is 0.378 e. The van der Waals surface area contributed by atoms with Crippen molar-refractivity contribution in [2.24, 2.45) is 0 Å². The third-order valence-electron chi connectivity index (χ3n) is 1.52. The summed E-state index contributed by atoms with van der Waals surface area (Å²) in [5.74, 6) is 0. The molecule has 1 saturated heterocycles. The summed E-state index contributed by atoms with van der Waals surface area (Å²) < 4.78 is 5.10. The van der Waals surface area contributed by atoms with Gasteiger partial charge >= 0.3 is 0 Å². The normalized spacial score (nSPS) is 18.1. The fourth-order valence-electron chi connectivity index (χ4n) is 0.904. The first-order valence-electron chi connectivity index (χ1n) is 3.26. The van der Waals surface area contributed by atoms with E-state index >= 15 is 0 Å².